The fourth-order valence-electron chi connectivity index (χ4n) is 2.77. The van der Waals surface area contributed by atoms with Gasteiger partial charge in [-0.3, -0.25) is 0 Å². The summed E-state index contributed by atoms with van der Waals surface area (Å²) >= 11 is 0. The van der Waals surface area contributed by atoms with E-state index in [2.05, 4.69) is 21.9 Å². The molecule has 2 unspecified atom stereocenters. The number of anilines is 1. The van der Waals surface area contributed by atoms with E-state index in [-0.39, 0.29) is 10.9 Å². The Hall–Kier alpha value is -1.14. The van der Waals surface area contributed by atoms with Gasteiger partial charge in [0.2, 0.25) is 10.0 Å². The van der Waals surface area contributed by atoms with Crippen molar-refractivity contribution in [3.05, 3.63) is 18.3 Å². The Bertz CT molecular complexity index is 545. The Morgan fingerprint density at radius 1 is 1.40 bits per heavy atom. The number of rotatable bonds is 5. The van der Waals surface area contributed by atoms with Crippen LogP contribution >= 0.6 is 0 Å². The summed E-state index contributed by atoms with van der Waals surface area (Å²) < 4.78 is 27.6. The summed E-state index contributed by atoms with van der Waals surface area (Å²) in [6.07, 6.45) is 6.82. The van der Waals surface area contributed by atoms with E-state index in [1.807, 2.05) is 0 Å². The van der Waals surface area contributed by atoms with Gasteiger partial charge >= 0.3 is 0 Å². The molecule has 112 valence electrons. The van der Waals surface area contributed by atoms with Crippen LogP contribution in [0.5, 0.6) is 0 Å². The van der Waals surface area contributed by atoms with Crippen molar-refractivity contribution in [2.24, 2.45) is 5.92 Å². The van der Waals surface area contributed by atoms with Crippen LogP contribution < -0.4 is 10.0 Å². The van der Waals surface area contributed by atoms with Gasteiger partial charge in [-0.05, 0) is 24.8 Å². The molecule has 0 aliphatic heterocycles. The number of nitrogens with zero attached hydrogens (tertiary/aromatic N) is 1. The third kappa shape index (κ3) is 3.70. The van der Waals surface area contributed by atoms with Crippen molar-refractivity contribution < 1.29 is 8.42 Å². The van der Waals surface area contributed by atoms with Crippen LogP contribution in [-0.4, -0.2) is 26.5 Å². The first-order valence-corrected chi connectivity index (χ1v) is 8.69. The van der Waals surface area contributed by atoms with Gasteiger partial charge in [-0.15, -0.1) is 0 Å². The quantitative estimate of drug-likeness (QED) is 0.875. The molecule has 0 saturated heterocycles. The number of pyridine rings is 1. The minimum absolute atomic E-state index is 0.0601. The van der Waals surface area contributed by atoms with Crippen LogP contribution in [0.4, 0.5) is 5.82 Å². The summed E-state index contributed by atoms with van der Waals surface area (Å²) in [6, 6.07) is 3.15. The average molecular weight is 297 g/mol. The molecular weight excluding hydrogens is 274 g/mol. The number of nitrogens with one attached hydrogen (secondary N) is 2. The summed E-state index contributed by atoms with van der Waals surface area (Å²) in [5.41, 5.74) is 0. The van der Waals surface area contributed by atoms with E-state index in [1.54, 1.807) is 13.1 Å². The molecule has 0 radical (unpaired) electrons. The van der Waals surface area contributed by atoms with Gasteiger partial charge in [0.05, 0.1) is 4.90 Å². The predicted octanol–water partition coefficient (Wildman–Crippen LogP) is 2.37. The second kappa shape index (κ2) is 6.54. The largest absolute Gasteiger partial charge is 0.373 e. The van der Waals surface area contributed by atoms with Crippen molar-refractivity contribution in [2.45, 2.75) is 50.0 Å². The van der Waals surface area contributed by atoms with Crippen LogP contribution in [-0.2, 0) is 10.0 Å². The highest BCUT2D eigenvalue weighted by Gasteiger charge is 2.25. The molecule has 5 nitrogen and oxygen atoms in total. The van der Waals surface area contributed by atoms with Crippen molar-refractivity contribution in [1.82, 2.24) is 9.71 Å². The maximum atomic E-state index is 12.4. The molecule has 1 aromatic heterocycles. The number of hydrogen-bond donors (Lipinski definition) is 2. The third-order valence-electron chi connectivity index (χ3n) is 3.98. The van der Waals surface area contributed by atoms with Gasteiger partial charge in [0, 0.05) is 25.4 Å². The van der Waals surface area contributed by atoms with E-state index >= 15 is 0 Å². The lowest BCUT2D eigenvalue weighted by Gasteiger charge is -2.28. The Labute approximate surface area is 121 Å². The molecule has 2 N–H and O–H groups in total. The Morgan fingerprint density at radius 2 is 2.20 bits per heavy atom. The molecule has 2 atom stereocenters. The molecule has 1 aliphatic carbocycles. The Morgan fingerprint density at radius 3 is 2.90 bits per heavy atom. The normalized spacial score (nSPS) is 23.5. The monoisotopic (exact) mass is 297 g/mol. The predicted molar refractivity (Wildman–Crippen MR) is 80.1 cm³/mol. The minimum atomic E-state index is -3.45. The zero-order valence-electron chi connectivity index (χ0n) is 12.1. The Kier molecular flexibility index (Phi) is 4.99. The smallest absolute Gasteiger partial charge is 0.241 e. The minimum Gasteiger partial charge on any atom is -0.373 e. The van der Waals surface area contributed by atoms with Gasteiger partial charge in [0.25, 0.3) is 0 Å². The van der Waals surface area contributed by atoms with Crippen LogP contribution in [0.15, 0.2) is 23.2 Å². The molecule has 0 amide bonds. The molecule has 2 rings (SSSR count). The second-order valence-corrected chi connectivity index (χ2v) is 7.10. The van der Waals surface area contributed by atoms with Crippen LogP contribution in [0.2, 0.25) is 0 Å². The van der Waals surface area contributed by atoms with Crippen LogP contribution in [0.3, 0.4) is 0 Å². The lowest BCUT2D eigenvalue weighted by atomic mass is 9.85. The first-order chi connectivity index (χ1) is 9.55. The van der Waals surface area contributed by atoms with Gasteiger partial charge in [0.1, 0.15) is 5.82 Å². The number of sulfonamides is 1. The topological polar surface area (TPSA) is 71.1 Å². The van der Waals surface area contributed by atoms with Gasteiger partial charge in [-0.1, -0.05) is 26.2 Å². The van der Waals surface area contributed by atoms with Crippen LogP contribution in [0, 0.1) is 5.92 Å². The lowest BCUT2D eigenvalue weighted by molar-refractivity contribution is 0.301. The maximum absolute atomic E-state index is 12.4. The highest BCUT2D eigenvalue weighted by Crippen LogP contribution is 2.27. The van der Waals surface area contributed by atoms with E-state index in [4.69, 9.17) is 0 Å². The second-order valence-electron chi connectivity index (χ2n) is 5.39. The number of aromatic nitrogens is 1. The third-order valence-corrected chi connectivity index (χ3v) is 5.50. The van der Waals surface area contributed by atoms with Gasteiger partial charge in [-0.2, -0.15) is 0 Å². The summed E-state index contributed by atoms with van der Waals surface area (Å²) in [7, 11) is -1.73. The zero-order valence-corrected chi connectivity index (χ0v) is 12.9. The molecule has 0 aromatic carbocycles. The molecule has 0 spiro atoms. The molecule has 1 saturated carbocycles. The summed E-state index contributed by atoms with van der Waals surface area (Å²) in [5, 5.41) is 2.86. The van der Waals surface area contributed by atoms with E-state index in [0.29, 0.717) is 11.7 Å². The van der Waals surface area contributed by atoms with Crippen molar-refractivity contribution in [2.75, 3.05) is 12.4 Å². The van der Waals surface area contributed by atoms with Crippen molar-refractivity contribution in [3.63, 3.8) is 0 Å². The van der Waals surface area contributed by atoms with Crippen molar-refractivity contribution in [3.8, 4) is 0 Å². The highest BCUT2D eigenvalue weighted by molar-refractivity contribution is 7.89. The van der Waals surface area contributed by atoms with E-state index in [1.165, 1.54) is 18.7 Å². The first-order valence-electron chi connectivity index (χ1n) is 7.21. The Balaban J connectivity index is 2.10. The highest BCUT2D eigenvalue weighted by atomic mass is 32.2. The van der Waals surface area contributed by atoms with Crippen LogP contribution in [0.25, 0.3) is 0 Å². The number of hydrogen-bond acceptors (Lipinski definition) is 4. The summed E-state index contributed by atoms with van der Waals surface area (Å²) in [5.74, 6) is 1.20. The van der Waals surface area contributed by atoms with Gasteiger partial charge in [0.15, 0.2) is 0 Å². The molecule has 0 bridgehead atoms. The summed E-state index contributed by atoms with van der Waals surface area (Å²) in [6.45, 7) is 2.17. The molecule has 1 fully saturated rings. The molecular formula is C14H23N3O2S. The van der Waals surface area contributed by atoms with Gasteiger partial charge < -0.3 is 5.32 Å². The molecule has 1 heterocycles. The van der Waals surface area contributed by atoms with E-state index in [9.17, 15) is 8.42 Å². The molecule has 1 aliphatic rings. The first kappa shape index (κ1) is 15.3. The lowest BCUT2D eigenvalue weighted by Crippen LogP contribution is -2.38. The van der Waals surface area contributed by atoms with Crippen molar-refractivity contribution >= 4 is 15.8 Å². The molecule has 1 aromatic rings. The summed E-state index contributed by atoms with van der Waals surface area (Å²) in [4.78, 5) is 4.31. The average Bonchev–Trinajstić information content (AvgIpc) is 2.47. The molecule has 6 heteroatoms. The zero-order chi connectivity index (χ0) is 14.6. The van der Waals surface area contributed by atoms with Gasteiger partial charge in [-0.25, -0.2) is 18.1 Å². The molecule has 20 heavy (non-hydrogen) atoms. The van der Waals surface area contributed by atoms with Crippen LogP contribution in [0.1, 0.15) is 39.0 Å². The van der Waals surface area contributed by atoms with Crippen molar-refractivity contribution in [1.29, 1.82) is 0 Å². The maximum Gasteiger partial charge on any atom is 0.241 e. The SMILES string of the molecule is CCC1CCCC(NS(=O)(=O)c2ccnc(NC)c2)C1. The fourth-order valence-corrected chi connectivity index (χ4v) is 4.07. The van der Waals surface area contributed by atoms with E-state index < -0.39 is 10.0 Å². The fraction of sp³-hybridized carbons (Fsp3) is 0.643. The standard InChI is InChI=1S/C14H23N3O2S/c1-3-11-5-4-6-12(9-11)17-20(18,19)13-7-8-16-14(10-13)15-2/h7-8,10-12,17H,3-6,9H2,1-2H3,(H,15,16). The van der Waals surface area contributed by atoms with E-state index in [0.717, 1.165) is 25.7 Å².